The zero-order valence-corrected chi connectivity index (χ0v) is 12.9. The van der Waals surface area contributed by atoms with Crippen molar-refractivity contribution in [1.82, 2.24) is 14.7 Å². The molecular weight excluding hydrogens is 254 g/mol. The minimum Gasteiger partial charge on any atom is -0.477 e. The first kappa shape index (κ1) is 14.9. The normalized spacial score (nSPS) is 14.3. The summed E-state index contributed by atoms with van der Waals surface area (Å²) in [6.07, 6.45) is 2.60. The van der Waals surface area contributed by atoms with E-state index in [0.717, 1.165) is 26.1 Å². The number of carbonyl (C=O) groups is 1. The van der Waals surface area contributed by atoms with Crippen LogP contribution in [0.5, 0.6) is 5.88 Å². The van der Waals surface area contributed by atoms with E-state index in [1.165, 1.54) is 0 Å². The number of amides is 1. The molecule has 112 valence electrons. The molecule has 1 aliphatic heterocycles. The molecule has 0 fully saturated rings. The molecule has 5 nitrogen and oxygen atoms in total. The maximum absolute atomic E-state index is 12.7. The molecule has 0 unspecified atom stereocenters. The highest BCUT2D eigenvalue weighted by Gasteiger charge is 2.26. The quantitative estimate of drug-likeness (QED) is 0.831. The van der Waals surface area contributed by atoms with Gasteiger partial charge in [0.15, 0.2) is 0 Å². The first-order valence-corrected chi connectivity index (χ1v) is 7.47. The Bertz CT molecular complexity index is 456. The van der Waals surface area contributed by atoms with E-state index in [1.54, 1.807) is 10.9 Å². The second-order valence-corrected chi connectivity index (χ2v) is 6.29. The largest absolute Gasteiger partial charge is 0.477 e. The Labute approximate surface area is 120 Å². The number of carbonyl (C=O) groups excluding carboxylic acids is 1. The van der Waals surface area contributed by atoms with Gasteiger partial charge in [0.25, 0.3) is 5.91 Å². The molecule has 2 rings (SSSR count). The molecule has 0 N–H and O–H groups in total. The predicted molar refractivity (Wildman–Crippen MR) is 77.9 cm³/mol. The zero-order chi connectivity index (χ0) is 14.7. The van der Waals surface area contributed by atoms with Crippen LogP contribution in [0.15, 0.2) is 6.20 Å². The molecule has 1 aromatic heterocycles. The smallest absolute Gasteiger partial charge is 0.261 e. The van der Waals surface area contributed by atoms with Crippen molar-refractivity contribution < 1.29 is 9.53 Å². The third-order valence-electron chi connectivity index (χ3n) is 3.23. The van der Waals surface area contributed by atoms with Gasteiger partial charge < -0.3 is 9.64 Å². The lowest BCUT2D eigenvalue weighted by Gasteiger charge is -2.26. The molecule has 0 spiro atoms. The minimum absolute atomic E-state index is 0.0375. The summed E-state index contributed by atoms with van der Waals surface area (Å²) in [4.78, 5) is 14.7. The van der Waals surface area contributed by atoms with E-state index in [0.29, 0.717) is 29.9 Å². The number of fused-ring (bicyclic) bond motifs is 1. The van der Waals surface area contributed by atoms with Crippen LogP contribution in [0, 0.1) is 11.8 Å². The van der Waals surface area contributed by atoms with Gasteiger partial charge in [0, 0.05) is 26.1 Å². The Morgan fingerprint density at radius 1 is 1.35 bits per heavy atom. The van der Waals surface area contributed by atoms with E-state index >= 15 is 0 Å². The maximum atomic E-state index is 12.7. The Hall–Kier alpha value is -1.52. The third-order valence-corrected chi connectivity index (χ3v) is 3.23. The number of aromatic nitrogens is 2. The number of nitrogens with zero attached hydrogens (tertiary/aromatic N) is 3. The average molecular weight is 279 g/mol. The first-order chi connectivity index (χ1) is 9.49. The fourth-order valence-corrected chi connectivity index (χ4v) is 2.51. The summed E-state index contributed by atoms with van der Waals surface area (Å²) < 4.78 is 7.42. The van der Waals surface area contributed by atoms with Crippen molar-refractivity contribution in [3.8, 4) is 5.88 Å². The summed E-state index contributed by atoms with van der Waals surface area (Å²) in [5.41, 5.74) is 0.603. The van der Waals surface area contributed by atoms with Crippen LogP contribution < -0.4 is 4.74 Å². The molecule has 5 heteroatoms. The molecule has 0 aliphatic carbocycles. The first-order valence-electron chi connectivity index (χ1n) is 7.47. The number of aryl methyl sites for hydroxylation is 1. The molecule has 1 aliphatic rings. The fraction of sp³-hybridized carbons (Fsp3) is 0.733. The molecule has 0 radical (unpaired) electrons. The van der Waals surface area contributed by atoms with E-state index in [4.69, 9.17) is 4.74 Å². The van der Waals surface area contributed by atoms with Crippen LogP contribution in [0.1, 0.15) is 44.5 Å². The van der Waals surface area contributed by atoms with Crippen LogP contribution >= 0.6 is 0 Å². The maximum Gasteiger partial charge on any atom is 0.261 e. The van der Waals surface area contributed by atoms with Gasteiger partial charge in [-0.15, -0.1) is 0 Å². The molecule has 20 heavy (non-hydrogen) atoms. The van der Waals surface area contributed by atoms with Gasteiger partial charge in [0.1, 0.15) is 5.56 Å². The van der Waals surface area contributed by atoms with Crippen LogP contribution in [-0.4, -0.2) is 40.3 Å². The van der Waals surface area contributed by atoms with Crippen LogP contribution in [0.2, 0.25) is 0 Å². The number of hydrogen-bond donors (Lipinski definition) is 0. The summed E-state index contributed by atoms with van der Waals surface area (Å²) in [7, 11) is 0. The molecule has 0 atom stereocenters. The van der Waals surface area contributed by atoms with Crippen LogP contribution in [0.25, 0.3) is 0 Å². The SMILES string of the molecule is CC(C)CN(CC(C)C)C(=O)c1cnn2c1OCCC2. The van der Waals surface area contributed by atoms with Crippen LogP contribution in [0.3, 0.4) is 0 Å². The number of rotatable bonds is 5. The van der Waals surface area contributed by atoms with Crippen molar-refractivity contribution in [1.29, 1.82) is 0 Å². The Kier molecular flexibility index (Phi) is 4.68. The monoisotopic (exact) mass is 279 g/mol. The standard InChI is InChI=1S/C15H25N3O2/c1-11(2)9-17(10-12(3)4)14(19)13-8-16-18-6-5-7-20-15(13)18/h8,11-12H,5-7,9-10H2,1-4H3. The highest BCUT2D eigenvalue weighted by molar-refractivity contribution is 5.96. The summed E-state index contributed by atoms with van der Waals surface area (Å²) in [5.74, 6) is 1.57. The van der Waals surface area contributed by atoms with Gasteiger partial charge in [0.05, 0.1) is 12.8 Å². The van der Waals surface area contributed by atoms with E-state index in [1.807, 2.05) is 4.90 Å². The zero-order valence-electron chi connectivity index (χ0n) is 12.9. The van der Waals surface area contributed by atoms with Crippen molar-refractivity contribution in [3.63, 3.8) is 0 Å². The van der Waals surface area contributed by atoms with Crippen molar-refractivity contribution in [3.05, 3.63) is 11.8 Å². The van der Waals surface area contributed by atoms with E-state index in [2.05, 4.69) is 32.8 Å². The Balaban J connectivity index is 2.20. The average Bonchev–Trinajstić information content (AvgIpc) is 2.79. The minimum atomic E-state index is 0.0375. The van der Waals surface area contributed by atoms with Crippen LogP contribution in [-0.2, 0) is 6.54 Å². The van der Waals surface area contributed by atoms with Crippen molar-refractivity contribution in [2.75, 3.05) is 19.7 Å². The van der Waals surface area contributed by atoms with Gasteiger partial charge in [-0.05, 0) is 11.8 Å². The lowest BCUT2D eigenvalue weighted by atomic mass is 10.1. The lowest BCUT2D eigenvalue weighted by molar-refractivity contribution is 0.0708. The molecular formula is C15H25N3O2. The lowest BCUT2D eigenvalue weighted by Crippen LogP contribution is -2.37. The molecule has 0 saturated carbocycles. The molecule has 2 heterocycles. The van der Waals surface area contributed by atoms with E-state index < -0.39 is 0 Å². The third kappa shape index (κ3) is 3.32. The van der Waals surface area contributed by atoms with Gasteiger partial charge in [-0.1, -0.05) is 27.7 Å². The highest BCUT2D eigenvalue weighted by Crippen LogP contribution is 2.24. The molecule has 0 saturated heterocycles. The molecule has 0 aromatic carbocycles. The highest BCUT2D eigenvalue weighted by atomic mass is 16.5. The summed E-state index contributed by atoms with van der Waals surface area (Å²) >= 11 is 0. The second-order valence-electron chi connectivity index (χ2n) is 6.29. The molecule has 1 amide bonds. The molecule has 0 bridgehead atoms. The van der Waals surface area contributed by atoms with E-state index in [9.17, 15) is 4.79 Å². The van der Waals surface area contributed by atoms with Gasteiger partial charge in [-0.2, -0.15) is 5.10 Å². The summed E-state index contributed by atoms with van der Waals surface area (Å²) in [6, 6.07) is 0. The van der Waals surface area contributed by atoms with Crippen molar-refractivity contribution in [2.45, 2.75) is 40.7 Å². The Morgan fingerprint density at radius 3 is 2.60 bits per heavy atom. The van der Waals surface area contributed by atoms with Crippen molar-refractivity contribution >= 4 is 5.91 Å². The topological polar surface area (TPSA) is 47.4 Å². The molecule has 1 aromatic rings. The summed E-state index contributed by atoms with van der Waals surface area (Å²) in [6.45, 7) is 11.5. The van der Waals surface area contributed by atoms with Crippen molar-refractivity contribution in [2.24, 2.45) is 11.8 Å². The summed E-state index contributed by atoms with van der Waals surface area (Å²) in [5, 5.41) is 4.26. The predicted octanol–water partition coefficient (Wildman–Crippen LogP) is 2.42. The van der Waals surface area contributed by atoms with Gasteiger partial charge in [-0.3, -0.25) is 4.79 Å². The fourth-order valence-electron chi connectivity index (χ4n) is 2.51. The Morgan fingerprint density at radius 2 is 2.00 bits per heavy atom. The number of hydrogen-bond acceptors (Lipinski definition) is 3. The van der Waals surface area contributed by atoms with Gasteiger partial charge in [0.2, 0.25) is 5.88 Å². The number of ether oxygens (including phenoxy) is 1. The van der Waals surface area contributed by atoms with Gasteiger partial charge in [-0.25, -0.2) is 4.68 Å². The van der Waals surface area contributed by atoms with Crippen LogP contribution in [0.4, 0.5) is 0 Å². The second kappa shape index (κ2) is 6.29. The van der Waals surface area contributed by atoms with Gasteiger partial charge >= 0.3 is 0 Å². The van der Waals surface area contributed by atoms with E-state index in [-0.39, 0.29) is 5.91 Å².